The van der Waals surface area contributed by atoms with Crippen molar-refractivity contribution in [3.05, 3.63) is 22.8 Å². The molecule has 0 heterocycles. The minimum atomic E-state index is 0.424. The van der Waals surface area contributed by atoms with Gasteiger partial charge in [-0.15, -0.1) is 0 Å². The number of hydrogen-bond acceptors (Lipinski definition) is 0. The van der Waals surface area contributed by atoms with Gasteiger partial charge in [0.15, 0.2) is 0 Å². The maximum absolute atomic E-state index is 2.61. The van der Waals surface area contributed by atoms with Gasteiger partial charge in [-0.1, -0.05) is 88.7 Å². The van der Waals surface area contributed by atoms with Crippen molar-refractivity contribution in [3.63, 3.8) is 0 Å². The van der Waals surface area contributed by atoms with E-state index in [-0.39, 0.29) is 0 Å². The number of alkyl halides is 2. The lowest BCUT2D eigenvalue weighted by Crippen LogP contribution is -2.36. The first-order valence-electron chi connectivity index (χ1n) is 8.74. The number of rotatable bonds is 4. The van der Waals surface area contributed by atoms with Crippen LogP contribution in [-0.4, -0.2) is 8.86 Å². The van der Waals surface area contributed by atoms with Gasteiger partial charge in [0, 0.05) is 8.86 Å². The van der Waals surface area contributed by atoms with Gasteiger partial charge in [0.05, 0.1) is 0 Å². The lowest BCUT2D eigenvalue weighted by atomic mass is 9.60. The van der Waals surface area contributed by atoms with Gasteiger partial charge < -0.3 is 0 Å². The Bertz CT molecular complexity index is 472. The highest BCUT2D eigenvalue weighted by Gasteiger charge is 2.41. The van der Waals surface area contributed by atoms with E-state index in [9.17, 15) is 0 Å². The molecule has 2 rings (SSSR count). The Morgan fingerprint density at radius 3 is 2.41 bits per heavy atom. The molecule has 0 N–H and O–H groups in total. The molecular formula is C20H32I2. The molecule has 0 aromatic heterocycles. The van der Waals surface area contributed by atoms with Gasteiger partial charge in [0.25, 0.3) is 0 Å². The van der Waals surface area contributed by atoms with E-state index in [0.29, 0.717) is 10.8 Å². The Hall–Kier alpha value is 0.940. The first-order valence-corrected chi connectivity index (χ1v) is 11.8. The van der Waals surface area contributed by atoms with E-state index in [1.165, 1.54) is 41.0 Å². The predicted octanol–water partition coefficient (Wildman–Crippen LogP) is 7.36. The molecule has 2 heteroatoms. The fourth-order valence-electron chi connectivity index (χ4n) is 4.83. The van der Waals surface area contributed by atoms with Crippen LogP contribution < -0.4 is 0 Å². The average Bonchev–Trinajstić information content (AvgIpc) is 2.42. The van der Waals surface area contributed by atoms with E-state index >= 15 is 0 Å². The summed E-state index contributed by atoms with van der Waals surface area (Å²) in [6.45, 7) is 12.3. The van der Waals surface area contributed by atoms with Gasteiger partial charge in [0.2, 0.25) is 0 Å². The van der Waals surface area contributed by atoms with E-state index in [4.69, 9.17) is 0 Å². The van der Waals surface area contributed by atoms with Crippen LogP contribution in [0.15, 0.2) is 22.8 Å². The maximum Gasteiger partial charge on any atom is 0.0213 e. The second kappa shape index (κ2) is 7.45. The van der Waals surface area contributed by atoms with Crippen LogP contribution in [-0.2, 0) is 0 Å². The Labute approximate surface area is 165 Å². The van der Waals surface area contributed by atoms with Crippen molar-refractivity contribution in [2.45, 2.75) is 66.7 Å². The van der Waals surface area contributed by atoms with Crippen molar-refractivity contribution >= 4 is 45.2 Å². The van der Waals surface area contributed by atoms with Crippen LogP contribution in [0.3, 0.4) is 0 Å². The van der Waals surface area contributed by atoms with Gasteiger partial charge in [-0.3, -0.25) is 0 Å². The molecule has 3 atom stereocenters. The summed E-state index contributed by atoms with van der Waals surface area (Å²) < 4.78 is 2.48. The monoisotopic (exact) mass is 526 g/mol. The quantitative estimate of drug-likeness (QED) is 0.204. The zero-order valence-electron chi connectivity index (χ0n) is 14.9. The summed E-state index contributed by atoms with van der Waals surface area (Å²) >= 11 is 5.19. The lowest BCUT2D eigenvalue weighted by Gasteiger charge is -2.46. The summed E-state index contributed by atoms with van der Waals surface area (Å²) in [4.78, 5) is 0. The van der Waals surface area contributed by atoms with Crippen LogP contribution in [0.2, 0.25) is 0 Å². The Balaban J connectivity index is 2.25. The molecule has 0 aromatic carbocycles. The SMILES string of the molecule is CC1=CCCC(C)(CC2CCC(C)(C)C(CI)=C2C)C1CI. The minimum absolute atomic E-state index is 0.424. The summed E-state index contributed by atoms with van der Waals surface area (Å²) in [5, 5.41) is 0. The number of hydrogen-bond donors (Lipinski definition) is 0. The molecule has 22 heavy (non-hydrogen) atoms. The molecule has 126 valence electrons. The molecule has 2 aliphatic rings. The van der Waals surface area contributed by atoms with Gasteiger partial charge in [-0.25, -0.2) is 0 Å². The Kier molecular flexibility index (Phi) is 6.52. The van der Waals surface area contributed by atoms with Crippen molar-refractivity contribution in [3.8, 4) is 0 Å². The molecular weight excluding hydrogens is 494 g/mol. The first kappa shape index (κ1) is 19.3. The van der Waals surface area contributed by atoms with Gasteiger partial charge in [-0.2, -0.15) is 0 Å². The van der Waals surface area contributed by atoms with E-state index in [1.54, 1.807) is 16.7 Å². The lowest BCUT2D eigenvalue weighted by molar-refractivity contribution is 0.149. The third-order valence-electron chi connectivity index (χ3n) is 6.60. The molecule has 0 spiro atoms. The van der Waals surface area contributed by atoms with Crippen LogP contribution in [0, 0.1) is 22.7 Å². The Morgan fingerprint density at radius 2 is 1.82 bits per heavy atom. The fourth-order valence-corrected chi connectivity index (χ4v) is 8.23. The molecule has 0 nitrogen and oxygen atoms in total. The largest absolute Gasteiger partial charge is 0.0857 e. The summed E-state index contributed by atoms with van der Waals surface area (Å²) in [7, 11) is 0. The average molecular weight is 526 g/mol. The molecule has 0 fully saturated rings. The zero-order valence-corrected chi connectivity index (χ0v) is 19.3. The summed E-state index contributed by atoms with van der Waals surface area (Å²) in [6, 6.07) is 0. The number of allylic oxidation sites excluding steroid dienone is 4. The maximum atomic E-state index is 2.61. The molecule has 0 aromatic rings. The van der Waals surface area contributed by atoms with Crippen LogP contribution in [0.1, 0.15) is 66.7 Å². The van der Waals surface area contributed by atoms with Gasteiger partial charge >= 0.3 is 0 Å². The second-order valence-electron chi connectivity index (χ2n) is 8.47. The van der Waals surface area contributed by atoms with Gasteiger partial charge in [-0.05, 0) is 68.6 Å². The van der Waals surface area contributed by atoms with Crippen molar-refractivity contribution in [2.75, 3.05) is 8.86 Å². The van der Waals surface area contributed by atoms with E-state index in [0.717, 1.165) is 11.8 Å². The Morgan fingerprint density at radius 1 is 1.14 bits per heavy atom. The first-order chi connectivity index (χ1) is 10.2. The van der Waals surface area contributed by atoms with E-state index < -0.39 is 0 Å². The van der Waals surface area contributed by atoms with Crippen LogP contribution in [0.25, 0.3) is 0 Å². The standard InChI is InChI=1S/C20H32I2/c1-14-7-6-9-20(5,17(14)12-21)11-16-8-10-19(3,4)18(13-22)15(16)2/h7,16-17H,6,8-13H2,1-5H3. The molecule has 0 radical (unpaired) electrons. The zero-order chi connectivity index (χ0) is 16.5. The van der Waals surface area contributed by atoms with E-state index in [2.05, 4.69) is 85.9 Å². The molecule has 0 saturated carbocycles. The van der Waals surface area contributed by atoms with E-state index in [1.807, 2.05) is 0 Å². The van der Waals surface area contributed by atoms with Gasteiger partial charge in [0.1, 0.15) is 0 Å². The smallest absolute Gasteiger partial charge is 0.0213 e. The highest BCUT2D eigenvalue weighted by Crippen LogP contribution is 2.52. The molecule has 0 amide bonds. The highest BCUT2D eigenvalue weighted by atomic mass is 127. The predicted molar refractivity (Wildman–Crippen MR) is 116 cm³/mol. The third kappa shape index (κ3) is 3.78. The second-order valence-corrected chi connectivity index (χ2v) is 10.1. The van der Waals surface area contributed by atoms with Crippen LogP contribution in [0.4, 0.5) is 0 Å². The third-order valence-corrected chi connectivity index (χ3v) is 8.24. The number of halogens is 2. The molecule has 0 saturated heterocycles. The van der Waals surface area contributed by atoms with Crippen molar-refractivity contribution in [1.82, 2.24) is 0 Å². The van der Waals surface area contributed by atoms with Crippen molar-refractivity contribution < 1.29 is 0 Å². The van der Waals surface area contributed by atoms with Crippen LogP contribution in [0.5, 0.6) is 0 Å². The molecule has 0 bridgehead atoms. The molecule has 2 aliphatic carbocycles. The highest BCUT2D eigenvalue weighted by molar-refractivity contribution is 14.1. The topological polar surface area (TPSA) is 0 Å². The molecule has 3 unspecified atom stereocenters. The normalized spacial score (nSPS) is 35.5. The summed E-state index contributed by atoms with van der Waals surface area (Å²) in [6.07, 6.45) is 9.32. The van der Waals surface area contributed by atoms with Crippen molar-refractivity contribution in [1.29, 1.82) is 0 Å². The minimum Gasteiger partial charge on any atom is -0.0857 e. The summed E-state index contributed by atoms with van der Waals surface area (Å²) in [5.74, 6) is 1.60. The fraction of sp³-hybridized carbons (Fsp3) is 0.800. The molecule has 0 aliphatic heterocycles. The van der Waals surface area contributed by atoms with Crippen molar-refractivity contribution in [2.24, 2.45) is 22.7 Å². The van der Waals surface area contributed by atoms with Crippen LogP contribution >= 0.6 is 45.2 Å². The summed E-state index contributed by atoms with van der Waals surface area (Å²) in [5.41, 5.74) is 6.04.